The molecule has 94 valence electrons. The number of hydrogen-bond donors (Lipinski definition) is 1. The lowest BCUT2D eigenvalue weighted by Gasteiger charge is -2.17. The second-order valence-corrected chi connectivity index (χ2v) is 4.84. The van der Waals surface area contributed by atoms with E-state index in [9.17, 15) is 0 Å². The minimum atomic E-state index is 0.477. The van der Waals surface area contributed by atoms with E-state index < -0.39 is 0 Å². The molecule has 3 heteroatoms. The number of benzene rings is 1. The molecule has 1 fully saturated rings. The molecule has 1 saturated heterocycles. The molecule has 1 aliphatic rings. The summed E-state index contributed by atoms with van der Waals surface area (Å²) in [6.45, 7) is 2.82. The van der Waals surface area contributed by atoms with Crippen LogP contribution < -0.4 is 10.1 Å². The molecule has 1 atom stereocenters. The zero-order valence-corrected chi connectivity index (χ0v) is 10.8. The molecule has 2 rings (SSSR count). The minimum absolute atomic E-state index is 0.477. The predicted octanol–water partition coefficient (Wildman–Crippen LogP) is 2.05. The van der Waals surface area contributed by atoms with Crippen molar-refractivity contribution >= 4 is 0 Å². The van der Waals surface area contributed by atoms with Crippen LogP contribution in [0.3, 0.4) is 0 Å². The summed E-state index contributed by atoms with van der Waals surface area (Å²) in [7, 11) is 4.13. The fraction of sp³-hybridized carbons (Fsp3) is 0.571. The Morgan fingerprint density at radius 3 is 2.88 bits per heavy atom. The molecule has 1 N–H and O–H groups in total. The highest BCUT2D eigenvalue weighted by atomic mass is 16.5. The van der Waals surface area contributed by atoms with Crippen LogP contribution in [0, 0.1) is 0 Å². The molecule has 1 aliphatic heterocycles. The summed E-state index contributed by atoms with van der Waals surface area (Å²) in [5.74, 6) is 1.04. The average molecular weight is 234 g/mol. The summed E-state index contributed by atoms with van der Waals surface area (Å²) in [5.41, 5.74) is 1.31. The highest BCUT2D eigenvalue weighted by molar-refractivity contribution is 5.36. The zero-order chi connectivity index (χ0) is 12.1. The lowest BCUT2D eigenvalue weighted by molar-refractivity contribution is 0.258. The third-order valence-corrected chi connectivity index (χ3v) is 3.15. The lowest BCUT2D eigenvalue weighted by atomic mass is 10.0. The second-order valence-electron chi connectivity index (χ2n) is 4.84. The van der Waals surface area contributed by atoms with E-state index in [-0.39, 0.29) is 0 Å². The van der Waals surface area contributed by atoms with Gasteiger partial charge in [-0.3, -0.25) is 0 Å². The fourth-order valence-electron chi connectivity index (χ4n) is 2.19. The Hall–Kier alpha value is -1.06. The zero-order valence-electron chi connectivity index (χ0n) is 10.8. The summed E-state index contributed by atoms with van der Waals surface area (Å²) in [6, 6.07) is 8.86. The Morgan fingerprint density at radius 1 is 1.35 bits per heavy atom. The van der Waals surface area contributed by atoms with Crippen molar-refractivity contribution in [3.05, 3.63) is 29.8 Å². The SMILES string of the molecule is CN(C)CCOc1ccccc1C1CCCN1. The molecule has 3 nitrogen and oxygen atoms in total. The number of hydrogen-bond acceptors (Lipinski definition) is 3. The highest BCUT2D eigenvalue weighted by Crippen LogP contribution is 2.30. The minimum Gasteiger partial charge on any atom is -0.492 e. The van der Waals surface area contributed by atoms with Crippen LogP contribution in [0.1, 0.15) is 24.4 Å². The Bertz CT molecular complexity index is 346. The summed E-state index contributed by atoms with van der Waals surface area (Å²) < 4.78 is 5.88. The van der Waals surface area contributed by atoms with Crippen LogP contribution in [0.2, 0.25) is 0 Å². The maximum atomic E-state index is 5.88. The van der Waals surface area contributed by atoms with Gasteiger partial charge in [-0.2, -0.15) is 0 Å². The largest absolute Gasteiger partial charge is 0.492 e. The van der Waals surface area contributed by atoms with Crippen molar-refractivity contribution in [3.63, 3.8) is 0 Å². The molecule has 1 unspecified atom stereocenters. The number of ether oxygens (including phenoxy) is 1. The van der Waals surface area contributed by atoms with Gasteiger partial charge in [0.25, 0.3) is 0 Å². The Morgan fingerprint density at radius 2 is 2.18 bits per heavy atom. The van der Waals surface area contributed by atoms with Crippen LogP contribution in [-0.4, -0.2) is 38.7 Å². The molecular formula is C14H22N2O. The molecule has 1 aromatic carbocycles. The van der Waals surface area contributed by atoms with E-state index in [1.54, 1.807) is 0 Å². The van der Waals surface area contributed by atoms with E-state index in [2.05, 4.69) is 42.5 Å². The number of para-hydroxylation sites is 1. The maximum Gasteiger partial charge on any atom is 0.124 e. The topological polar surface area (TPSA) is 24.5 Å². The van der Waals surface area contributed by atoms with E-state index in [0.717, 1.165) is 25.4 Å². The summed E-state index contributed by atoms with van der Waals surface area (Å²) in [4.78, 5) is 2.14. The Balaban J connectivity index is 2.00. The van der Waals surface area contributed by atoms with Gasteiger partial charge in [-0.15, -0.1) is 0 Å². The van der Waals surface area contributed by atoms with Gasteiger partial charge >= 0.3 is 0 Å². The maximum absolute atomic E-state index is 5.88. The molecular weight excluding hydrogens is 212 g/mol. The predicted molar refractivity (Wildman–Crippen MR) is 70.5 cm³/mol. The lowest BCUT2D eigenvalue weighted by Crippen LogP contribution is -2.20. The van der Waals surface area contributed by atoms with Crippen molar-refractivity contribution in [1.82, 2.24) is 10.2 Å². The van der Waals surface area contributed by atoms with Crippen LogP contribution in [0.5, 0.6) is 5.75 Å². The van der Waals surface area contributed by atoms with Crippen molar-refractivity contribution in [2.24, 2.45) is 0 Å². The molecule has 17 heavy (non-hydrogen) atoms. The molecule has 0 bridgehead atoms. The van der Waals surface area contributed by atoms with Crippen molar-refractivity contribution in [2.75, 3.05) is 33.8 Å². The molecule has 0 amide bonds. The van der Waals surface area contributed by atoms with Crippen molar-refractivity contribution < 1.29 is 4.74 Å². The molecule has 1 heterocycles. The van der Waals surface area contributed by atoms with Gasteiger partial charge in [-0.25, -0.2) is 0 Å². The third-order valence-electron chi connectivity index (χ3n) is 3.15. The normalized spacial score (nSPS) is 19.8. The molecule has 0 radical (unpaired) electrons. The first-order chi connectivity index (χ1) is 8.27. The molecule has 0 aliphatic carbocycles. The smallest absolute Gasteiger partial charge is 0.124 e. The van der Waals surface area contributed by atoms with Gasteiger partial charge in [0.15, 0.2) is 0 Å². The van der Waals surface area contributed by atoms with E-state index in [0.29, 0.717) is 6.04 Å². The van der Waals surface area contributed by atoms with E-state index >= 15 is 0 Å². The van der Waals surface area contributed by atoms with Crippen LogP contribution in [0.4, 0.5) is 0 Å². The van der Waals surface area contributed by atoms with Crippen LogP contribution in [-0.2, 0) is 0 Å². The van der Waals surface area contributed by atoms with Crippen LogP contribution >= 0.6 is 0 Å². The highest BCUT2D eigenvalue weighted by Gasteiger charge is 2.19. The second kappa shape index (κ2) is 6.03. The van der Waals surface area contributed by atoms with E-state index in [1.165, 1.54) is 18.4 Å². The Labute approximate surface area is 104 Å². The number of rotatable bonds is 5. The fourth-order valence-corrected chi connectivity index (χ4v) is 2.19. The first-order valence-corrected chi connectivity index (χ1v) is 6.37. The number of nitrogens with one attached hydrogen (secondary N) is 1. The van der Waals surface area contributed by atoms with Crippen molar-refractivity contribution in [3.8, 4) is 5.75 Å². The number of likely N-dealkylation sites (N-methyl/N-ethyl adjacent to an activating group) is 1. The molecule has 0 saturated carbocycles. The van der Waals surface area contributed by atoms with Gasteiger partial charge in [0.2, 0.25) is 0 Å². The van der Waals surface area contributed by atoms with Gasteiger partial charge in [-0.05, 0) is 39.5 Å². The average Bonchev–Trinajstić information content (AvgIpc) is 2.82. The third kappa shape index (κ3) is 3.45. The first-order valence-electron chi connectivity index (χ1n) is 6.37. The molecule has 1 aromatic rings. The van der Waals surface area contributed by atoms with E-state index in [4.69, 9.17) is 4.74 Å². The summed E-state index contributed by atoms with van der Waals surface area (Å²) in [6.07, 6.45) is 2.48. The van der Waals surface area contributed by atoms with Gasteiger partial charge in [0.05, 0.1) is 0 Å². The van der Waals surface area contributed by atoms with Gasteiger partial charge < -0.3 is 15.0 Å². The summed E-state index contributed by atoms with van der Waals surface area (Å²) in [5, 5.41) is 3.52. The van der Waals surface area contributed by atoms with Crippen LogP contribution in [0.15, 0.2) is 24.3 Å². The van der Waals surface area contributed by atoms with Crippen LogP contribution in [0.25, 0.3) is 0 Å². The first kappa shape index (κ1) is 12.4. The molecule has 0 spiro atoms. The van der Waals surface area contributed by atoms with Gasteiger partial charge in [0, 0.05) is 18.2 Å². The van der Waals surface area contributed by atoms with Gasteiger partial charge in [-0.1, -0.05) is 18.2 Å². The number of nitrogens with zero attached hydrogens (tertiary/aromatic N) is 1. The van der Waals surface area contributed by atoms with Crippen molar-refractivity contribution in [1.29, 1.82) is 0 Å². The Kier molecular flexibility index (Phi) is 4.40. The van der Waals surface area contributed by atoms with Gasteiger partial charge in [0.1, 0.15) is 12.4 Å². The standard InChI is InChI=1S/C14H22N2O/c1-16(2)10-11-17-14-8-4-3-6-12(14)13-7-5-9-15-13/h3-4,6,8,13,15H,5,7,9-11H2,1-2H3. The van der Waals surface area contributed by atoms with E-state index in [1.807, 2.05) is 6.07 Å². The molecule has 0 aromatic heterocycles. The monoisotopic (exact) mass is 234 g/mol. The summed E-state index contributed by atoms with van der Waals surface area (Å²) >= 11 is 0. The van der Waals surface area contributed by atoms with Crippen molar-refractivity contribution in [2.45, 2.75) is 18.9 Å². The quantitative estimate of drug-likeness (QED) is 0.844.